The first kappa shape index (κ1) is 9.99. The fraction of sp³-hybridized carbons (Fsp3) is 0.100. The number of amides is 1. The molecule has 0 atom stereocenters. The SMILES string of the molecule is C/C=C/C(=O)Nc1ccccc1Br. The Morgan fingerprint density at radius 3 is 2.77 bits per heavy atom. The van der Waals surface area contributed by atoms with E-state index in [9.17, 15) is 4.79 Å². The van der Waals surface area contributed by atoms with Crippen molar-refractivity contribution in [2.24, 2.45) is 0 Å². The predicted octanol–water partition coefficient (Wildman–Crippen LogP) is 2.96. The Morgan fingerprint density at radius 1 is 1.46 bits per heavy atom. The molecule has 0 heterocycles. The van der Waals surface area contributed by atoms with Crippen molar-refractivity contribution in [1.82, 2.24) is 0 Å². The third kappa shape index (κ3) is 3.03. The smallest absolute Gasteiger partial charge is 0.248 e. The van der Waals surface area contributed by atoms with Crippen LogP contribution in [0.15, 0.2) is 40.9 Å². The van der Waals surface area contributed by atoms with E-state index in [1.165, 1.54) is 6.08 Å². The van der Waals surface area contributed by atoms with E-state index in [2.05, 4.69) is 21.2 Å². The second kappa shape index (κ2) is 4.82. The van der Waals surface area contributed by atoms with Gasteiger partial charge < -0.3 is 5.32 Å². The zero-order chi connectivity index (χ0) is 9.68. The standard InChI is InChI=1S/C10H10BrNO/c1-2-5-10(13)12-9-7-4-3-6-8(9)11/h2-7H,1H3,(H,12,13)/b5-2+. The van der Waals surface area contributed by atoms with Crippen LogP contribution < -0.4 is 5.32 Å². The van der Waals surface area contributed by atoms with Crippen LogP contribution in [0, 0.1) is 0 Å². The molecule has 0 saturated carbocycles. The van der Waals surface area contributed by atoms with E-state index >= 15 is 0 Å². The number of para-hydroxylation sites is 1. The van der Waals surface area contributed by atoms with Crippen LogP contribution in [0.4, 0.5) is 5.69 Å². The summed E-state index contributed by atoms with van der Waals surface area (Å²) in [5.41, 5.74) is 0.783. The number of hydrogen-bond donors (Lipinski definition) is 1. The maximum Gasteiger partial charge on any atom is 0.248 e. The highest BCUT2D eigenvalue weighted by Crippen LogP contribution is 2.20. The summed E-state index contributed by atoms with van der Waals surface area (Å²) in [6.45, 7) is 1.81. The number of hydrogen-bond acceptors (Lipinski definition) is 1. The van der Waals surface area contributed by atoms with Crippen LogP contribution in [0.5, 0.6) is 0 Å². The average Bonchev–Trinajstić information content (AvgIpc) is 2.09. The minimum atomic E-state index is -0.116. The molecule has 0 unspecified atom stereocenters. The van der Waals surface area contributed by atoms with Crippen LogP contribution in [0.2, 0.25) is 0 Å². The van der Waals surface area contributed by atoms with Crippen molar-refractivity contribution >= 4 is 27.5 Å². The molecule has 68 valence electrons. The predicted molar refractivity (Wildman–Crippen MR) is 57.6 cm³/mol. The molecule has 0 aromatic heterocycles. The quantitative estimate of drug-likeness (QED) is 0.791. The summed E-state index contributed by atoms with van der Waals surface area (Å²) in [5.74, 6) is -0.116. The van der Waals surface area contributed by atoms with Crippen LogP contribution in [0.1, 0.15) is 6.92 Å². The number of halogens is 1. The van der Waals surface area contributed by atoms with Crippen LogP contribution in [0.25, 0.3) is 0 Å². The number of rotatable bonds is 2. The summed E-state index contributed by atoms with van der Waals surface area (Å²) < 4.78 is 0.882. The Kier molecular flexibility index (Phi) is 3.71. The number of nitrogens with one attached hydrogen (secondary N) is 1. The van der Waals surface area contributed by atoms with Gasteiger partial charge in [-0.25, -0.2) is 0 Å². The molecule has 0 aliphatic heterocycles. The Labute approximate surface area is 85.8 Å². The highest BCUT2D eigenvalue weighted by Gasteiger charge is 1.99. The van der Waals surface area contributed by atoms with Crippen LogP contribution in [-0.4, -0.2) is 5.91 Å². The number of carbonyl (C=O) groups excluding carboxylic acids is 1. The van der Waals surface area contributed by atoms with Crippen molar-refractivity contribution in [3.8, 4) is 0 Å². The fourth-order valence-electron chi connectivity index (χ4n) is 0.888. The van der Waals surface area contributed by atoms with E-state index in [0.29, 0.717) is 0 Å². The maximum absolute atomic E-state index is 11.1. The van der Waals surface area contributed by atoms with Crippen molar-refractivity contribution in [3.63, 3.8) is 0 Å². The molecule has 1 aromatic carbocycles. The second-order valence-corrected chi connectivity index (χ2v) is 3.32. The van der Waals surface area contributed by atoms with Gasteiger partial charge in [0.05, 0.1) is 5.69 Å². The minimum absolute atomic E-state index is 0.116. The van der Waals surface area contributed by atoms with Crippen molar-refractivity contribution in [2.75, 3.05) is 5.32 Å². The van der Waals surface area contributed by atoms with E-state index in [-0.39, 0.29) is 5.91 Å². The highest BCUT2D eigenvalue weighted by molar-refractivity contribution is 9.10. The molecule has 0 spiro atoms. The van der Waals surface area contributed by atoms with Crippen LogP contribution in [0.3, 0.4) is 0 Å². The molecule has 0 saturated heterocycles. The molecule has 3 heteroatoms. The van der Waals surface area contributed by atoms with E-state index in [1.54, 1.807) is 13.0 Å². The van der Waals surface area contributed by atoms with Crippen molar-refractivity contribution in [2.45, 2.75) is 6.92 Å². The summed E-state index contributed by atoms with van der Waals surface area (Å²) in [7, 11) is 0. The molecule has 1 rings (SSSR count). The molecule has 0 fully saturated rings. The van der Waals surface area contributed by atoms with Gasteiger partial charge in [-0.2, -0.15) is 0 Å². The summed E-state index contributed by atoms with van der Waals surface area (Å²) in [5, 5.41) is 2.74. The van der Waals surface area contributed by atoms with Gasteiger partial charge in [-0.3, -0.25) is 4.79 Å². The lowest BCUT2D eigenvalue weighted by Crippen LogP contribution is -2.07. The topological polar surface area (TPSA) is 29.1 Å². The first-order valence-corrected chi connectivity index (χ1v) is 4.71. The monoisotopic (exact) mass is 239 g/mol. The molecule has 0 aliphatic carbocycles. The van der Waals surface area contributed by atoms with E-state index < -0.39 is 0 Å². The van der Waals surface area contributed by atoms with Crippen molar-refractivity contribution < 1.29 is 4.79 Å². The van der Waals surface area contributed by atoms with E-state index in [0.717, 1.165) is 10.2 Å². The van der Waals surface area contributed by atoms with Gasteiger partial charge in [0.15, 0.2) is 0 Å². The highest BCUT2D eigenvalue weighted by atomic mass is 79.9. The van der Waals surface area contributed by atoms with Gasteiger partial charge in [0.1, 0.15) is 0 Å². The first-order chi connectivity index (χ1) is 6.24. The van der Waals surface area contributed by atoms with Gasteiger partial charge in [0.25, 0.3) is 0 Å². The van der Waals surface area contributed by atoms with Gasteiger partial charge in [-0.1, -0.05) is 18.2 Å². The Hall–Kier alpha value is -1.09. The summed E-state index contributed by atoms with van der Waals surface area (Å²) >= 11 is 3.34. The summed E-state index contributed by atoms with van der Waals surface area (Å²) in [6.07, 6.45) is 3.19. The second-order valence-electron chi connectivity index (χ2n) is 2.47. The lowest BCUT2D eigenvalue weighted by Gasteiger charge is -2.03. The molecule has 0 bridgehead atoms. The molecule has 2 nitrogen and oxygen atoms in total. The van der Waals surface area contributed by atoms with Gasteiger partial charge in [-0.05, 0) is 41.1 Å². The van der Waals surface area contributed by atoms with Gasteiger partial charge in [-0.15, -0.1) is 0 Å². The number of anilines is 1. The molecular formula is C10H10BrNO. The van der Waals surface area contributed by atoms with Gasteiger partial charge >= 0.3 is 0 Å². The average molecular weight is 240 g/mol. The van der Waals surface area contributed by atoms with Crippen molar-refractivity contribution in [3.05, 3.63) is 40.9 Å². The summed E-state index contributed by atoms with van der Waals surface area (Å²) in [6, 6.07) is 7.49. The molecule has 0 radical (unpaired) electrons. The van der Waals surface area contributed by atoms with E-state index in [1.807, 2.05) is 24.3 Å². The van der Waals surface area contributed by atoms with Gasteiger partial charge in [0, 0.05) is 4.47 Å². The van der Waals surface area contributed by atoms with E-state index in [4.69, 9.17) is 0 Å². The largest absolute Gasteiger partial charge is 0.321 e. The molecule has 1 aromatic rings. The third-order valence-corrected chi connectivity index (χ3v) is 2.14. The Bertz CT molecular complexity index is 333. The lowest BCUT2D eigenvalue weighted by atomic mass is 10.3. The Balaban J connectivity index is 2.74. The summed E-state index contributed by atoms with van der Waals surface area (Å²) in [4.78, 5) is 11.1. The molecular weight excluding hydrogens is 230 g/mol. The molecule has 1 N–H and O–H groups in total. The molecule has 1 amide bonds. The van der Waals surface area contributed by atoms with Crippen LogP contribution >= 0.6 is 15.9 Å². The maximum atomic E-state index is 11.1. The number of carbonyl (C=O) groups is 1. The number of benzene rings is 1. The van der Waals surface area contributed by atoms with Crippen molar-refractivity contribution in [1.29, 1.82) is 0 Å². The normalized spacial score (nSPS) is 10.3. The van der Waals surface area contributed by atoms with Gasteiger partial charge in [0.2, 0.25) is 5.91 Å². The third-order valence-electron chi connectivity index (χ3n) is 1.45. The molecule has 0 aliphatic rings. The minimum Gasteiger partial charge on any atom is -0.321 e. The zero-order valence-corrected chi connectivity index (χ0v) is 8.84. The molecule has 13 heavy (non-hydrogen) atoms. The number of allylic oxidation sites excluding steroid dienone is 1. The first-order valence-electron chi connectivity index (χ1n) is 3.92. The lowest BCUT2D eigenvalue weighted by molar-refractivity contribution is -0.111. The van der Waals surface area contributed by atoms with Crippen LogP contribution in [-0.2, 0) is 4.79 Å². The Morgan fingerprint density at radius 2 is 2.15 bits per heavy atom. The zero-order valence-electron chi connectivity index (χ0n) is 7.25. The fourth-order valence-corrected chi connectivity index (χ4v) is 1.27.